The number of carbonyl (C=O) groups is 1. The monoisotopic (exact) mass is 460 g/mol. The summed E-state index contributed by atoms with van der Waals surface area (Å²) in [5.41, 5.74) is 0.680. The van der Waals surface area contributed by atoms with E-state index in [4.69, 9.17) is 0 Å². The average Bonchev–Trinajstić information content (AvgIpc) is 3.09. The van der Waals surface area contributed by atoms with Gasteiger partial charge in [0.05, 0.1) is 5.60 Å². The van der Waals surface area contributed by atoms with Gasteiger partial charge in [-0.1, -0.05) is 53.2 Å². The predicted molar refractivity (Wildman–Crippen MR) is 131 cm³/mol. The second-order valence-electron chi connectivity index (χ2n) is 13.3. The highest BCUT2D eigenvalue weighted by Gasteiger charge is 2.62. The second-order valence-corrected chi connectivity index (χ2v) is 13.3. The van der Waals surface area contributed by atoms with Gasteiger partial charge in [0.15, 0.2) is 5.79 Å². The summed E-state index contributed by atoms with van der Waals surface area (Å²) in [6, 6.07) is 0. The van der Waals surface area contributed by atoms with Gasteiger partial charge in [0, 0.05) is 24.7 Å². The highest BCUT2D eigenvalue weighted by molar-refractivity contribution is 5.85. The summed E-state index contributed by atoms with van der Waals surface area (Å²) in [6.45, 7) is 12.7. The van der Waals surface area contributed by atoms with E-state index in [1.165, 1.54) is 12.0 Å². The molecule has 0 aliphatic heterocycles. The first-order valence-electron chi connectivity index (χ1n) is 13.7. The molecule has 0 unspecified atom stereocenters. The average molecular weight is 461 g/mol. The van der Waals surface area contributed by atoms with E-state index in [0.717, 1.165) is 44.9 Å². The van der Waals surface area contributed by atoms with Crippen LogP contribution < -0.4 is 0 Å². The number of hydrogen-bond donors (Lipinski definition) is 3. The van der Waals surface area contributed by atoms with Gasteiger partial charge in [-0.05, 0) is 85.9 Å². The molecule has 0 aromatic heterocycles. The Balaban J connectivity index is 1.55. The number of hydrogen-bond acceptors (Lipinski definition) is 4. The number of Topliss-reactive ketones (excluding diaryl/α,β-unsaturated/α-hetero) is 1. The van der Waals surface area contributed by atoms with E-state index in [9.17, 15) is 20.1 Å². The molecule has 0 saturated heterocycles. The van der Waals surface area contributed by atoms with Crippen molar-refractivity contribution in [3.05, 3.63) is 11.6 Å². The Labute approximate surface area is 201 Å². The summed E-state index contributed by atoms with van der Waals surface area (Å²) in [5, 5.41) is 31.7. The van der Waals surface area contributed by atoms with Crippen LogP contribution in [-0.2, 0) is 4.79 Å². The molecule has 0 spiro atoms. The Kier molecular flexibility index (Phi) is 6.50. The largest absolute Gasteiger partial charge is 0.390 e. The molecule has 0 aromatic rings. The normalized spacial score (nSPS) is 44.2. The number of ketones is 1. The Bertz CT molecular complexity index is 799. The second kappa shape index (κ2) is 8.45. The Morgan fingerprint density at radius 3 is 2.45 bits per heavy atom. The molecule has 188 valence electrons. The van der Waals surface area contributed by atoms with Gasteiger partial charge in [-0.15, -0.1) is 0 Å². The lowest BCUT2D eigenvalue weighted by Gasteiger charge is -2.58. The molecule has 3 N–H and O–H groups in total. The molecular formula is C29H48O4. The van der Waals surface area contributed by atoms with E-state index in [0.29, 0.717) is 42.3 Å². The maximum atomic E-state index is 13.9. The fraction of sp³-hybridized carbons (Fsp3) is 0.897. The van der Waals surface area contributed by atoms with Crippen LogP contribution in [0.1, 0.15) is 106 Å². The Morgan fingerprint density at radius 2 is 1.82 bits per heavy atom. The Hall–Kier alpha value is -0.710. The van der Waals surface area contributed by atoms with Crippen molar-refractivity contribution in [1.82, 2.24) is 0 Å². The van der Waals surface area contributed by atoms with E-state index in [-0.39, 0.29) is 22.7 Å². The minimum Gasteiger partial charge on any atom is -0.390 e. The molecule has 4 heteroatoms. The van der Waals surface area contributed by atoms with Crippen molar-refractivity contribution in [2.75, 3.05) is 0 Å². The fourth-order valence-corrected chi connectivity index (χ4v) is 8.75. The molecule has 0 heterocycles. The molecule has 33 heavy (non-hydrogen) atoms. The molecule has 4 rings (SSSR count). The van der Waals surface area contributed by atoms with Crippen LogP contribution >= 0.6 is 0 Å². The molecule has 3 fully saturated rings. The third-order valence-corrected chi connectivity index (χ3v) is 11.3. The van der Waals surface area contributed by atoms with Crippen LogP contribution in [-0.4, -0.2) is 32.5 Å². The standard InChI is InChI=1S/C29H48O4/c1-7-28(31)15-14-26(5)20(16-28)8-9-21-23-11-10-22(27(23,6)17-24(30)25(21)26)19(4)12-13-29(32,33)18(2)3/h8,18-19,21-23,25,31-33H,7,9-17H2,1-6H3/t19-,21+,22-,23+,25-,26+,27-,28+/m1/s1. The van der Waals surface area contributed by atoms with Crippen LogP contribution in [0.3, 0.4) is 0 Å². The number of rotatable bonds is 6. The first kappa shape index (κ1) is 25.4. The number of fused-ring (bicyclic) bond motifs is 5. The zero-order valence-electron chi connectivity index (χ0n) is 21.9. The molecule has 0 aromatic carbocycles. The van der Waals surface area contributed by atoms with E-state index in [2.05, 4.69) is 33.8 Å². The predicted octanol–water partition coefficient (Wildman–Crippen LogP) is 5.64. The zero-order valence-corrected chi connectivity index (χ0v) is 21.9. The third-order valence-electron chi connectivity index (χ3n) is 11.3. The maximum Gasteiger partial charge on any atom is 0.164 e. The van der Waals surface area contributed by atoms with Crippen LogP contribution in [0.25, 0.3) is 0 Å². The van der Waals surface area contributed by atoms with Crippen molar-refractivity contribution < 1.29 is 20.1 Å². The quantitative estimate of drug-likeness (QED) is 0.354. The van der Waals surface area contributed by atoms with E-state index in [1.807, 2.05) is 13.8 Å². The van der Waals surface area contributed by atoms with Crippen molar-refractivity contribution in [1.29, 1.82) is 0 Å². The topological polar surface area (TPSA) is 77.8 Å². The smallest absolute Gasteiger partial charge is 0.164 e. The SMILES string of the molecule is CC[C@]1(O)CC[C@@]2(C)C(=CC[C@H]3[C@@H]4CC[C@H]([C@H](C)CCC(O)(O)C(C)C)[C@@]4(C)CC(=O)[C@@H]32)C1. The van der Waals surface area contributed by atoms with Gasteiger partial charge in [0.25, 0.3) is 0 Å². The van der Waals surface area contributed by atoms with Crippen molar-refractivity contribution in [3.63, 3.8) is 0 Å². The van der Waals surface area contributed by atoms with Gasteiger partial charge in [-0.25, -0.2) is 0 Å². The number of allylic oxidation sites excluding steroid dienone is 1. The molecule has 4 aliphatic rings. The maximum absolute atomic E-state index is 13.9. The zero-order chi connectivity index (χ0) is 24.4. The van der Waals surface area contributed by atoms with Crippen molar-refractivity contribution in [3.8, 4) is 0 Å². The van der Waals surface area contributed by atoms with Crippen molar-refractivity contribution in [2.24, 2.45) is 46.3 Å². The highest BCUT2D eigenvalue weighted by Crippen LogP contribution is 2.67. The van der Waals surface area contributed by atoms with Crippen LogP contribution in [0.15, 0.2) is 11.6 Å². The third kappa shape index (κ3) is 4.06. The lowest BCUT2D eigenvalue weighted by Crippen LogP contribution is -2.56. The molecule has 0 bridgehead atoms. The van der Waals surface area contributed by atoms with Crippen LogP contribution in [0.4, 0.5) is 0 Å². The molecule has 0 radical (unpaired) electrons. The van der Waals surface area contributed by atoms with E-state index >= 15 is 0 Å². The van der Waals surface area contributed by atoms with Crippen LogP contribution in [0, 0.1) is 46.3 Å². The minimum atomic E-state index is -1.61. The minimum absolute atomic E-state index is 0.0175. The summed E-state index contributed by atoms with van der Waals surface area (Å²) in [6.07, 6.45) is 10.8. The first-order valence-corrected chi connectivity index (χ1v) is 13.7. The number of carbonyl (C=O) groups excluding carboxylic acids is 1. The van der Waals surface area contributed by atoms with Gasteiger partial charge in [0.1, 0.15) is 5.78 Å². The molecule has 8 atom stereocenters. The fourth-order valence-electron chi connectivity index (χ4n) is 8.75. The van der Waals surface area contributed by atoms with Gasteiger partial charge in [-0.2, -0.15) is 0 Å². The number of aliphatic hydroxyl groups is 3. The van der Waals surface area contributed by atoms with Gasteiger partial charge in [-0.3, -0.25) is 4.79 Å². The summed E-state index contributed by atoms with van der Waals surface area (Å²) >= 11 is 0. The van der Waals surface area contributed by atoms with Crippen molar-refractivity contribution in [2.45, 2.75) is 117 Å². The summed E-state index contributed by atoms with van der Waals surface area (Å²) < 4.78 is 0. The van der Waals surface area contributed by atoms with Gasteiger partial charge in [0.2, 0.25) is 0 Å². The highest BCUT2D eigenvalue weighted by atomic mass is 16.5. The van der Waals surface area contributed by atoms with E-state index in [1.54, 1.807) is 0 Å². The lowest BCUT2D eigenvalue weighted by molar-refractivity contribution is -0.199. The molecular weight excluding hydrogens is 412 g/mol. The summed E-state index contributed by atoms with van der Waals surface area (Å²) in [5.74, 6) is 0.585. The lowest BCUT2D eigenvalue weighted by atomic mass is 9.45. The first-order chi connectivity index (χ1) is 15.3. The Morgan fingerprint density at radius 1 is 1.12 bits per heavy atom. The van der Waals surface area contributed by atoms with E-state index < -0.39 is 11.4 Å². The molecule has 4 nitrogen and oxygen atoms in total. The van der Waals surface area contributed by atoms with Gasteiger partial charge < -0.3 is 15.3 Å². The van der Waals surface area contributed by atoms with Crippen LogP contribution in [0.5, 0.6) is 0 Å². The van der Waals surface area contributed by atoms with Crippen molar-refractivity contribution >= 4 is 5.78 Å². The molecule has 3 saturated carbocycles. The summed E-state index contributed by atoms with van der Waals surface area (Å²) in [4.78, 5) is 13.9. The van der Waals surface area contributed by atoms with Gasteiger partial charge >= 0.3 is 0 Å². The molecule has 0 amide bonds. The van der Waals surface area contributed by atoms with Crippen LogP contribution in [0.2, 0.25) is 0 Å². The summed E-state index contributed by atoms with van der Waals surface area (Å²) in [7, 11) is 0. The molecule has 4 aliphatic carbocycles.